The van der Waals surface area contributed by atoms with Gasteiger partial charge in [0.25, 0.3) is 0 Å². The summed E-state index contributed by atoms with van der Waals surface area (Å²) >= 11 is 0. The molecular weight excluding hydrogens is 298 g/mol. The molecule has 1 aliphatic rings. The molecule has 122 valence electrons. The van der Waals surface area contributed by atoms with E-state index in [-0.39, 0.29) is 0 Å². The van der Waals surface area contributed by atoms with Crippen LogP contribution < -0.4 is 10.6 Å². The standard InChI is InChI=1S/C19H21N5/c1-11-6-7-21-19(22-11)15-10-14(15)16-5-4-13-17(23-16)8-12(20)9-18(13)24(2)3/h4-9,14-15H,10,20H2,1-3H3/t14-,15-/m0/s1. The highest BCUT2D eigenvalue weighted by molar-refractivity contribution is 5.94. The van der Waals surface area contributed by atoms with Crippen molar-refractivity contribution < 1.29 is 0 Å². The molecule has 0 radical (unpaired) electrons. The van der Waals surface area contributed by atoms with Crippen molar-refractivity contribution in [2.75, 3.05) is 24.7 Å². The first kappa shape index (κ1) is 14.9. The van der Waals surface area contributed by atoms with Crippen molar-refractivity contribution in [2.45, 2.75) is 25.2 Å². The number of nitrogens with two attached hydrogens (primary N) is 1. The minimum Gasteiger partial charge on any atom is -0.399 e. The molecule has 24 heavy (non-hydrogen) atoms. The molecule has 2 N–H and O–H groups in total. The fourth-order valence-electron chi connectivity index (χ4n) is 3.28. The topological polar surface area (TPSA) is 67.9 Å². The maximum Gasteiger partial charge on any atom is 0.132 e. The van der Waals surface area contributed by atoms with Gasteiger partial charge in [0.2, 0.25) is 0 Å². The molecule has 3 aromatic rings. The minimum atomic E-state index is 0.379. The van der Waals surface area contributed by atoms with Crippen LogP contribution >= 0.6 is 0 Å². The number of rotatable bonds is 3. The second-order valence-electron chi connectivity index (χ2n) is 6.74. The van der Waals surface area contributed by atoms with Crippen molar-refractivity contribution in [1.29, 1.82) is 0 Å². The van der Waals surface area contributed by atoms with Crippen LogP contribution in [-0.4, -0.2) is 29.0 Å². The maximum absolute atomic E-state index is 6.05. The molecule has 0 amide bonds. The van der Waals surface area contributed by atoms with Crippen LogP contribution in [0.15, 0.2) is 36.5 Å². The number of hydrogen-bond acceptors (Lipinski definition) is 5. The number of benzene rings is 1. The summed E-state index contributed by atoms with van der Waals surface area (Å²) in [5.74, 6) is 1.72. The molecular formula is C19H21N5. The SMILES string of the molecule is Cc1ccnc([C@H]2C[C@@H]2c2ccc3c(N(C)C)cc(N)cc3n2)n1. The van der Waals surface area contributed by atoms with E-state index in [0.717, 1.165) is 45.9 Å². The highest BCUT2D eigenvalue weighted by Crippen LogP contribution is 2.53. The van der Waals surface area contributed by atoms with Crippen LogP contribution in [0.5, 0.6) is 0 Å². The Morgan fingerprint density at radius 1 is 1.08 bits per heavy atom. The first-order valence-corrected chi connectivity index (χ1v) is 8.20. The van der Waals surface area contributed by atoms with Gasteiger partial charge in [-0.15, -0.1) is 0 Å². The van der Waals surface area contributed by atoms with Gasteiger partial charge in [-0.25, -0.2) is 9.97 Å². The lowest BCUT2D eigenvalue weighted by Crippen LogP contribution is -2.10. The zero-order chi connectivity index (χ0) is 16.8. The highest BCUT2D eigenvalue weighted by Gasteiger charge is 2.42. The van der Waals surface area contributed by atoms with E-state index in [1.165, 1.54) is 0 Å². The lowest BCUT2D eigenvalue weighted by molar-refractivity contribution is 0.867. The van der Waals surface area contributed by atoms with Crippen molar-refractivity contribution >= 4 is 22.3 Å². The summed E-state index contributed by atoms with van der Waals surface area (Å²) in [6, 6.07) is 10.2. The van der Waals surface area contributed by atoms with E-state index in [4.69, 9.17) is 10.7 Å². The molecule has 2 aromatic heterocycles. The lowest BCUT2D eigenvalue weighted by atomic mass is 10.1. The molecule has 1 fully saturated rings. The Morgan fingerprint density at radius 3 is 2.67 bits per heavy atom. The maximum atomic E-state index is 6.05. The third-order valence-electron chi connectivity index (χ3n) is 4.63. The predicted octanol–water partition coefficient (Wildman–Crippen LogP) is 3.25. The molecule has 0 spiro atoms. The second-order valence-corrected chi connectivity index (χ2v) is 6.74. The Morgan fingerprint density at radius 2 is 1.92 bits per heavy atom. The van der Waals surface area contributed by atoms with Crippen molar-refractivity contribution in [3.8, 4) is 0 Å². The molecule has 5 nitrogen and oxygen atoms in total. The van der Waals surface area contributed by atoms with Gasteiger partial charge in [-0.05, 0) is 43.7 Å². The number of fused-ring (bicyclic) bond motifs is 1. The number of aromatic nitrogens is 3. The number of hydrogen-bond donors (Lipinski definition) is 1. The summed E-state index contributed by atoms with van der Waals surface area (Å²) in [7, 11) is 4.04. The van der Waals surface area contributed by atoms with Crippen LogP contribution in [0, 0.1) is 6.92 Å². The predicted molar refractivity (Wildman–Crippen MR) is 97.4 cm³/mol. The molecule has 4 rings (SSSR count). The van der Waals surface area contributed by atoms with Crippen LogP contribution in [0.2, 0.25) is 0 Å². The average molecular weight is 319 g/mol. The third-order valence-corrected chi connectivity index (χ3v) is 4.63. The normalized spacial score (nSPS) is 19.5. The number of anilines is 2. The monoisotopic (exact) mass is 319 g/mol. The minimum absolute atomic E-state index is 0.379. The van der Waals surface area contributed by atoms with Gasteiger partial charge in [0.1, 0.15) is 5.82 Å². The van der Waals surface area contributed by atoms with Gasteiger partial charge < -0.3 is 10.6 Å². The van der Waals surface area contributed by atoms with Crippen molar-refractivity contribution in [2.24, 2.45) is 0 Å². The van der Waals surface area contributed by atoms with E-state index in [2.05, 4.69) is 27.0 Å². The van der Waals surface area contributed by atoms with E-state index in [1.54, 1.807) is 0 Å². The fourth-order valence-corrected chi connectivity index (χ4v) is 3.28. The smallest absolute Gasteiger partial charge is 0.132 e. The summed E-state index contributed by atoms with van der Waals surface area (Å²) in [4.78, 5) is 15.9. The lowest BCUT2D eigenvalue weighted by Gasteiger charge is -2.16. The Kier molecular flexibility index (Phi) is 3.37. The zero-order valence-corrected chi connectivity index (χ0v) is 14.2. The van der Waals surface area contributed by atoms with Gasteiger partial charge in [0.05, 0.1) is 5.52 Å². The first-order chi connectivity index (χ1) is 11.5. The summed E-state index contributed by atoms with van der Waals surface area (Å²) in [6.07, 6.45) is 2.90. The van der Waals surface area contributed by atoms with Crippen molar-refractivity contribution in [1.82, 2.24) is 15.0 Å². The number of nitrogens with zero attached hydrogens (tertiary/aromatic N) is 4. The molecule has 5 heteroatoms. The number of aryl methyl sites for hydroxylation is 1. The van der Waals surface area contributed by atoms with E-state index in [9.17, 15) is 0 Å². The summed E-state index contributed by atoms with van der Waals surface area (Å²) < 4.78 is 0. The number of pyridine rings is 1. The molecule has 0 bridgehead atoms. The van der Waals surface area contributed by atoms with Gasteiger partial charge in [0, 0.05) is 60.3 Å². The Balaban J connectivity index is 1.69. The van der Waals surface area contributed by atoms with E-state index in [1.807, 2.05) is 45.4 Å². The van der Waals surface area contributed by atoms with Crippen LogP contribution in [0.25, 0.3) is 10.9 Å². The summed E-state index contributed by atoms with van der Waals surface area (Å²) in [6.45, 7) is 2.00. The van der Waals surface area contributed by atoms with Gasteiger partial charge >= 0.3 is 0 Å². The van der Waals surface area contributed by atoms with E-state index >= 15 is 0 Å². The quantitative estimate of drug-likeness (QED) is 0.751. The Labute approximate surface area is 141 Å². The van der Waals surface area contributed by atoms with Gasteiger partial charge in [-0.2, -0.15) is 0 Å². The highest BCUT2D eigenvalue weighted by atomic mass is 15.1. The van der Waals surface area contributed by atoms with Crippen molar-refractivity contribution in [3.63, 3.8) is 0 Å². The van der Waals surface area contributed by atoms with Gasteiger partial charge in [0.15, 0.2) is 0 Å². The summed E-state index contributed by atoms with van der Waals surface area (Å²) in [5, 5.41) is 1.13. The first-order valence-electron chi connectivity index (χ1n) is 8.20. The molecule has 2 atom stereocenters. The van der Waals surface area contributed by atoms with Crippen molar-refractivity contribution in [3.05, 3.63) is 53.7 Å². The Hall–Kier alpha value is -2.69. The molecule has 0 aliphatic heterocycles. The van der Waals surface area contributed by atoms with Crippen LogP contribution in [-0.2, 0) is 0 Å². The Bertz CT molecular complexity index is 919. The summed E-state index contributed by atoms with van der Waals surface area (Å²) in [5.41, 5.74) is 11.0. The average Bonchev–Trinajstić information content (AvgIpc) is 3.34. The fraction of sp³-hybridized carbons (Fsp3) is 0.316. The van der Waals surface area contributed by atoms with Crippen LogP contribution in [0.1, 0.15) is 35.5 Å². The van der Waals surface area contributed by atoms with Gasteiger partial charge in [-0.1, -0.05) is 0 Å². The largest absolute Gasteiger partial charge is 0.399 e. The molecule has 1 saturated carbocycles. The van der Waals surface area contributed by atoms with E-state index in [0.29, 0.717) is 11.8 Å². The zero-order valence-electron chi connectivity index (χ0n) is 14.2. The molecule has 0 unspecified atom stereocenters. The van der Waals surface area contributed by atoms with Gasteiger partial charge in [-0.3, -0.25) is 4.98 Å². The molecule has 1 aliphatic carbocycles. The van der Waals surface area contributed by atoms with Crippen LogP contribution in [0.4, 0.5) is 11.4 Å². The number of nitrogen functional groups attached to an aromatic ring is 1. The molecule has 2 heterocycles. The van der Waals surface area contributed by atoms with E-state index < -0.39 is 0 Å². The molecule has 1 aromatic carbocycles. The van der Waals surface area contributed by atoms with Crippen LogP contribution in [0.3, 0.4) is 0 Å². The second kappa shape index (κ2) is 5.44. The molecule has 0 saturated heterocycles. The third kappa shape index (κ3) is 2.56.